The van der Waals surface area contributed by atoms with Crippen molar-refractivity contribution in [1.82, 2.24) is 14.1 Å². The van der Waals surface area contributed by atoms with E-state index in [1.54, 1.807) is 0 Å². The minimum atomic E-state index is -4.74. The summed E-state index contributed by atoms with van der Waals surface area (Å²) < 4.78 is 66.0. The first-order valence-electron chi connectivity index (χ1n) is 9.85. The smallest absolute Gasteiger partial charge is 0.342 e. The van der Waals surface area contributed by atoms with Gasteiger partial charge in [0.05, 0.1) is 22.0 Å². The fourth-order valence-corrected chi connectivity index (χ4v) is 5.38. The van der Waals surface area contributed by atoms with E-state index in [0.29, 0.717) is 25.1 Å². The van der Waals surface area contributed by atoms with E-state index >= 15 is 0 Å². The molecule has 30 heavy (non-hydrogen) atoms. The number of piperazine rings is 1. The molecular weight excluding hydrogens is 443 g/mol. The molecule has 1 aromatic rings. The lowest BCUT2D eigenvalue weighted by Crippen LogP contribution is -2.52. The molecule has 0 radical (unpaired) electrons. The van der Waals surface area contributed by atoms with E-state index in [9.17, 15) is 26.4 Å². The quantitative estimate of drug-likeness (QED) is 0.683. The molecule has 2 saturated heterocycles. The highest BCUT2D eigenvalue weighted by atomic mass is 35.5. The second-order valence-corrected chi connectivity index (χ2v) is 10.2. The van der Waals surface area contributed by atoms with Gasteiger partial charge in [-0.15, -0.1) is 0 Å². The summed E-state index contributed by atoms with van der Waals surface area (Å²) in [5, 5.41) is -0.545. The highest BCUT2D eigenvalue weighted by Crippen LogP contribution is 2.36. The molecule has 3 rings (SSSR count). The number of hydrogen-bond acceptors (Lipinski definition) is 4. The molecule has 2 aliphatic rings. The minimum absolute atomic E-state index is 0.0331. The molecule has 0 N–H and O–H groups in total. The van der Waals surface area contributed by atoms with Gasteiger partial charge < -0.3 is 4.90 Å². The Balaban J connectivity index is 1.61. The Kier molecular flexibility index (Phi) is 7.01. The van der Waals surface area contributed by atoms with Crippen LogP contribution in [0.3, 0.4) is 0 Å². The molecule has 0 unspecified atom stereocenters. The monoisotopic (exact) mass is 467 g/mol. The largest absolute Gasteiger partial charge is 0.417 e. The molecular formula is C19H25ClF3N3O3S. The first-order valence-corrected chi connectivity index (χ1v) is 11.7. The average Bonchev–Trinajstić information content (AvgIpc) is 2.68. The number of nitrogens with zero attached hydrogens (tertiary/aromatic N) is 3. The fraction of sp³-hybridized carbons (Fsp3) is 0.632. The van der Waals surface area contributed by atoms with Crippen molar-refractivity contribution in [3.8, 4) is 0 Å². The van der Waals surface area contributed by atoms with E-state index in [4.69, 9.17) is 11.6 Å². The first-order chi connectivity index (χ1) is 14.0. The maximum atomic E-state index is 13.1. The average molecular weight is 468 g/mol. The highest BCUT2D eigenvalue weighted by Gasteiger charge is 2.36. The van der Waals surface area contributed by atoms with Crippen LogP contribution in [0.5, 0.6) is 0 Å². The molecule has 1 amide bonds. The summed E-state index contributed by atoms with van der Waals surface area (Å²) in [5.74, 6) is 0.652. The van der Waals surface area contributed by atoms with Gasteiger partial charge in [0.2, 0.25) is 15.9 Å². The van der Waals surface area contributed by atoms with Crippen molar-refractivity contribution in [2.75, 3.05) is 45.8 Å². The Morgan fingerprint density at radius 2 is 1.70 bits per heavy atom. The topological polar surface area (TPSA) is 60.9 Å². The van der Waals surface area contributed by atoms with Crippen molar-refractivity contribution in [3.63, 3.8) is 0 Å². The van der Waals surface area contributed by atoms with Crippen molar-refractivity contribution in [1.29, 1.82) is 0 Å². The van der Waals surface area contributed by atoms with Crippen LogP contribution >= 0.6 is 11.6 Å². The minimum Gasteiger partial charge on any atom is -0.342 e. The summed E-state index contributed by atoms with van der Waals surface area (Å²) in [6, 6.07) is 2.61. The van der Waals surface area contributed by atoms with E-state index in [-0.39, 0.29) is 25.5 Å². The lowest BCUT2D eigenvalue weighted by atomic mass is 9.99. The van der Waals surface area contributed by atoms with Crippen molar-refractivity contribution in [3.05, 3.63) is 28.8 Å². The zero-order chi connectivity index (χ0) is 22.1. The van der Waals surface area contributed by atoms with Gasteiger partial charge in [-0.1, -0.05) is 18.5 Å². The number of carbonyl (C=O) groups is 1. The third-order valence-corrected chi connectivity index (χ3v) is 7.93. The van der Waals surface area contributed by atoms with Gasteiger partial charge in [0, 0.05) is 39.3 Å². The second kappa shape index (κ2) is 9.02. The molecule has 2 heterocycles. The SMILES string of the molecule is CC1CCN(C(=O)CN2CCN(S(=O)(=O)c3ccc(Cl)c(C(F)(F)F)c3)CC2)CC1. The van der Waals surface area contributed by atoms with Crippen LogP contribution in [-0.2, 0) is 21.0 Å². The van der Waals surface area contributed by atoms with Gasteiger partial charge in [0.25, 0.3) is 0 Å². The molecule has 6 nitrogen and oxygen atoms in total. The Morgan fingerprint density at radius 3 is 2.27 bits per heavy atom. The van der Waals surface area contributed by atoms with Crippen LogP contribution in [0.1, 0.15) is 25.3 Å². The van der Waals surface area contributed by atoms with Crippen molar-refractivity contribution < 1.29 is 26.4 Å². The molecule has 0 bridgehead atoms. The Labute approximate surface area is 179 Å². The summed E-state index contributed by atoms with van der Waals surface area (Å²) in [4.78, 5) is 15.8. The van der Waals surface area contributed by atoms with E-state index in [1.165, 1.54) is 0 Å². The first kappa shape index (κ1) is 23.3. The maximum Gasteiger partial charge on any atom is 0.417 e. The number of hydrogen-bond donors (Lipinski definition) is 0. The van der Waals surface area contributed by atoms with Crippen LogP contribution in [0.25, 0.3) is 0 Å². The van der Waals surface area contributed by atoms with Gasteiger partial charge in [0.15, 0.2) is 0 Å². The fourth-order valence-electron chi connectivity index (χ4n) is 3.71. The van der Waals surface area contributed by atoms with Crippen molar-refractivity contribution in [2.45, 2.75) is 30.8 Å². The van der Waals surface area contributed by atoms with Crippen LogP contribution in [0.2, 0.25) is 5.02 Å². The molecule has 168 valence electrons. The van der Waals surface area contributed by atoms with Gasteiger partial charge in [-0.25, -0.2) is 8.42 Å². The number of benzene rings is 1. The third-order valence-electron chi connectivity index (χ3n) is 5.71. The van der Waals surface area contributed by atoms with E-state index < -0.39 is 31.7 Å². The predicted molar refractivity (Wildman–Crippen MR) is 107 cm³/mol. The normalized spacial score (nSPS) is 20.5. The highest BCUT2D eigenvalue weighted by molar-refractivity contribution is 7.89. The molecule has 2 aliphatic heterocycles. The van der Waals surface area contributed by atoms with Gasteiger partial charge in [-0.2, -0.15) is 17.5 Å². The molecule has 11 heteroatoms. The predicted octanol–water partition coefficient (Wildman–Crippen LogP) is 2.92. The molecule has 0 atom stereocenters. The summed E-state index contributed by atoms with van der Waals surface area (Å²) >= 11 is 5.59. The molecule has 2 fully saturated rings. The summed E-state index contributed by atoms with van der Waals surface area (Å²) in [7, 11) is -4.09. The van der Waals surface area contributed by atoms with Crippen LogP contribution < -0.4 is 0 Å². The zero-order valence-corrected chi connectivity index (χ0v) is 18.2. The number of rotatable bonds is 4. The van der Waals surface area contributed by atoms with Crippen LogP contribution in [0.15, 0.2) is 23.1 Å². The Bertz CT molecular complexity index is 879. The second-order valence-electron chi connectivity index (χ2n) is 7.88. The number of alkyl halides is 3. The number of amides is 1. The van der Waals surface area contributed by atoms with Crippen LogP contribution in [0, 0.1) is 5.92 Å². The van der Waals surface area contributed by atoms with Crippen molar-refractivity contribution >= 4 is 27.5 Å². The number of sulfonamides is 1. The number of likely N-dealkylation sites (tertiary alicyclic amines) is 1. The number of piperidine rings is 1. The number of halogens is 4. The maximum absolute atomic E-state index is 13.1. The van der Waals surface area contributed by atoms with Gasteiger partial charge >= 0.3 is 6.18 Å². The molecule has 0 aromatic heterocycles. The van der Waals surface area contributed by atoms with Gasteiger partial charge in [0.1, 0.15) is 0 Å². The lowest BCUT2D eigenvalue weighted by molar-refractivity contribution is -0.137. The number of carbonyl (C=O) groups excluding carboxylic acids is 1. The van der Waals surface area contributed by atoms with E-state index in [0.717, 1.165) is 42.4 Å². The standard InChI is InChI=1S/C19H25ClF3N3O3S/c1-14-4-6-25(7-5-14)18(27)13-24-8-10-26(11-9-24)30(28,29)15-2-3-17(20)16(12-15)19(21,22)23/h2-3,12,14H,4-11,13H2,1H3. The lowest BCUT2D eigenvalue weighted by Gasteiger charge is -2.36. The summed E-state index contributed by atoms with van der Waals surface area (Å²) in [6.07, 6.45) is -2.77. The van der Waals surface area contributed by atoms with Crippen LogP contribution in [-0.4, -0.2) is 74.2 Å². The third kappa shape index (κ3) is 5.27. The molecule has 1 aromatic carbocycles. The Morgan fingerprint density at radius 1 is 1.10 bits per heavy atom. The van der Waals surface area contributed by atoms with E-state index in [2.05, 4.69) is 6.92 Å². The molecule has 0 spiro atoms. The molecule has 0 saturated carbocycles. The summed E-state index contributed by atoms with van der Waals surface area (Å²) in [6.45, 7) is 4.78. The van der Waals surface area contributed by atoms with Crippen molar-refractivity contribution in [2.24, 2.45) is 5.92 Å². The van der Waals surface area contributed by atoms with Gasteiger partial charge in [-0.3, -0.25) is 9.69 Å². The van der Waals surface area contributed by atoms with Gasteiger partial charge in [-0.05, 0) is 37.0 Å². The summed E-state index contributed by atoms with van der Waals surface area (Å²) in [5.41, 5.74) is -1.18. The zero-order valence-electron chi connectivity index (χ0n) is 16.7. The molecule has 0 aliphatic carbocycles. The van der Waals surface area contributed by atoms with E-state index in [1.807, 2.05) is 9.80 Å². The van der Waals surface area contributed by atoms with Crippen LogP contribution in [0.4, 0.5) is 13.2 Å². The Hall–Kier alpha value is -1.36.